The minimum atomic E-state index is -3.15. The third-order valence-corrected chi connectivity index (χ3v) is 12.6. The molecule has 12 nitrogen and oxygen atoms in total. The Labute approximate surface area is 302 Å². The summed E-state index contributed by atoms with van der Waals surface area (Å²) in [5.74, 6) is -1.65. The van der Waals surface area contributed by atoms with Gasteiger partial charge in [-0.3, -0.25) is 24.5 Å². The fourth-order valence-corrected chi connectivity index (χ4v) is 10.3. The minimum Gasteiger partial charge on any atom is -0.432 e. The third-order valence-electron chi connectivity index (χ3n) is 10.1. The highest BCUT2D eigenvalue weighted by molar-refractivity contribution is 6.71. The number of fused-ring (bicyclic) bond motifs is 2. The molecule has 0 aromatic heterocycles. The van der Waals surface area contributed by atoms with Gasteiger partial charge >= 0.3 is 0 Å². The Hall–Kier alpha value is -5.21. The summed E-state index contributed by atoms with van der Waals surface area (Å²) >= 11 is 0. The molecule has 0 unspecified atom stereocenters. The van der Waals surface area contributed by atoms with E-state index in [1.165, 1.54) is 21.9 Å². The van der Waals surface area contributed by atoms with Crippen LogP contribution in [0, 0.1) is 16.0 Å². The maximum atomic E-state index is 14.8. The number of amides is 3. The Balaban J connectivity index is 1.31. The average molecular weight is 723 g/mol. The van der Waals surface area contributed by atoms with Gasteiger partial charge in [0.15, 0.2) is 13.9 Å². The van der Waals surface area contributed by atoms with Gasteiger partial charge in [-0.2, -0.15) is 0 Å². The van der Waals surface area contributed by atoms with Crippen LogP contribution in [0.25, 0.3) is 0 Å². The number of ether oxygens (including phenoxy) is 1. The molecule has 3 amide bonds. The number of benzene rings is 4. The van der Waals surface area contributed by atoms with E-state index in [1.807, 2.05) is 43.3 Å². The zero-order valence-electron chi connectivity index (χ0n) is 29.3. The summed E-state index contributed by atoms with van der Waals surface area (Å²) in [4.78, 5) is 67.6. The summed E-state index contributed by atoms with van der Waals surface area (Å²) < 4.78 is 6.76. The molecule has 0 radical (unpaired) electrons. The van der Waals surface area contributed by atoms with Gasteiger partial charge in [0.05, 0.1) is 36.3 Å². The lowest BCUT2D eigenvalue weighted by atomic mass is 9.82. The van der Waals surface area contributed by atoms with Crippen molar-refractivity contribution in [3.63, 3.8) is 0 Å². The normalized spacial score (nSPS) is 20.9. The molecule has 0 bridgehead atoms. The van der Waals surface area contributed by atoms with Crippen molar-refractivity contribution in [2.45, 2.75) is 56.8 Å². The molecule has 0 saturated carbocycles. The smallest absolute Gasteiger partial charge is 0.269 e. The first-order chi connectivity index (χ1) is 24.8. The van der Waals surface area contributed by atoms with Crippen LogP contribution in [-0.4, -0.2) is 65.0 Å². The summed E-state index contributed by atoms with van der Waals surface area (Å²) in [5.41, 5.74) is 0.957. The molecule has 4 aromatic rings. The molecule has 1 fully saturated rings. The molecule has 3 N–H and O–H groups in total. The molecule has 2 heterocycles. The van der Waals surface area contributed by atoms with E-state index in [0.29, 0.717) is 22.5 Å². The van der Waals surface area contributed by atoms with Crippen LogP contribution in [0.3, 0.4) is 0 Å². The first-order valence-corrected chi connectivity index (χ1v) is 20.2. The molecule has 1 spiro atoms. The Kier molecular flexibility index (Phi) is 10.4. The van der Waals surface area contributed by atoms with Gasteiger partial charge < -0.3 is 29.8 Å². The molecule has 2 aliphatic rings. The first-order valence-electron chi connectivity index (χ1n) is 17.2. The summed E-state index contributed by atoms with van der Waals surface area (Å²) in [5, 5.41) is 24.7. The number of nitrogens with zero attached hydrogens (tertiary/aromatic N) is 3. The number of carbonyl (C=O) groups is 3. The lowest BCUT2D eigenvalue weighted by molar-refractivity contribution is -0.385. The molecule has 52 heavy (non-hydrogen) atoms. The van der Waals surface area contributed by atoms with E-state index in [0.717, 1.165) is 11.1 Å². The number of rotatable bonds is 12. The van der Waals surface area contributed by atoms with Crippen molar-refractivity contribution in [2.75, 3.05) is 23.4 Å². The Morgan fingerprint density at radius 1 is 0.981 bits per heavy atom. The quantitative estimate of drug-likeness (QED) is 0.0967. The number of hydrogen-bond donors (Lipinski definition) is 3. The topological polar surface area (TPSA) is 163 Å². The number of nitro benzene ring substituents is 1. The second-order valence-corrected chi connectivity index (χ2v) is 17.9. The SMILES string of the molecule is C[C@@H]1[C@@H]([Si](C)(C)O)[C@H](CC(=O)N(CCO)Cc2ccccc2)O[C@@]12C(=O)N(Cc1ccc(NC(=O)c3ccccc3)cc1)c1ccc([N+](=O)[O-])cc12. The Morgan fingerprint density at radius 2 is 1.63 bits per heavy atom. The number of non-ortho nitro benzene ring substituents is 1. The highest BCUT2D eigenvalue weighted by atomic mass is 28.4. The van der Waals surface area contributed by atoms with E-state index in [1.54, 1.807) is 67.7 Å². The highest BCUT2D eigenvalue weighted by Crippen LogP contribution is 2.60. The molecule has 13 heteroatoms. The lowest BCUT2D eigenvalue weighted by Gasteiger charge is -2.32. The van der Waals surface area contributed by atoms with Gasteiger partial charge in [0, 0.05) is 53.5 Å². The average Bonchev–Trinajstić information content (AvgIpc) is 3.55. The number of aliphatic hydroxyl groups is 1. The van der Waals surface area contributed by atoms with Crippen molar-refractivity contribution in [3.8, 4) is 0 Å². The fourth-order valence-electron chi connectivity index (χ4n) is 7.72. The number of carbonyl (C=O) groups excluding carboxylic acids is 3. The van der Waals surface area contributed by atoms with Gasteiger partial charge in [-0.15, -0.1) is 0 Å². The van der Waals surface area contributed by atoms with E-state index in [4.69, 9.17) is 4.74 Å². The Bertz CT molecular complexity index is 1950. The second-order valence-electron chi connectivity index (χ2n) is 14.0. The van der Waals surface area contributed by atoms with Crippen LogP contribution in [-0.2, 0) is 33.0 Å². The van der Waals surface area contributed by atoms with Crippen LogP contribution in [0.1, 0.15) is 40.4 Å². The van der Waals surface area contributed by atoms with Crippen LogP contribution in [0.2, 0.25) is 18.6 Å². The molecular weight excluding hydrogens is 681 g/mol. The third kappa shape index (κ3) is 7.12. The van der Waals surface area contributed by atoms with Crippen LogP contribution in [0.4, 0.5) is 17.1 Å². The van der Waals surface area contributed by atoms with Gasteiger partial charge in [0.25, 0.3) is 17.5 Å². The molecule has 4 aromatic carbocycles. The molecule has 0 aliphatic carbocycles. The molecular formula is C39H42N4O8Si. The summed E-state index contributed by atoms with van der Waals surface area (Å²) in [6, 6.07) is 29.5. The van der Waals surface area contributed by atoms with Crippen LogP contribution < -0.4 is 10.2 Å². The second kappa shape index (κ2) is 14.8. The number of anilines is 2. The summed E-state index contributed by atoms with van der Waals surface area (Å²) in [6.07, 6.45) is -1.04. The largest absolute Gasteiger partial charge is 0.432 e. The minimum absolute atomic E-state index is 0.0855. The molecule has 2 aliphatic heterocycles. The lowest BCUT2D eigenvalue weighted by Crippen LogP contribution is -2.46. The molecule has 4 atom stereocenters. The van der Waals surface area contributed by atoms with E-state index in [9.17, 15) is 34.4 Å². The van der Waals surface area contributed by atoms with E-state index >= 15 is 0 Å². The van der Waals surface area contributed by atoms with Crippen molar-refractivity contribution in [2.24, 2.45) is 5.92 Å². The molecule has 270 valence electrons. The standard InChI is InChI=1S/C39H42N4O8Si/c1-26-36(52(2,3)50)34(23-35(45)41(20-21-44)24-27-10-6-4-7-11-27)51-39(26)32-22-31(43(48)49)18-19-33(32)42(38(39)47)25-28-14-16-30(17-15-28)40-37(46)29-12-8-5-9-13-29/h4-19,22,26,34,36,44,50H,20-21,23-25H2,1-3H3,(H,40,46)/t26-,34+,36-,39+/m1/s1. The zero-order valence-corrected chi connectivity index (χ0v) is 30.3. The summed E-state index contributed by atoms with van der Waals surface area (Å²) in [7, 11) is -3.15. The predicted octanol–water partition coefficient (Wildman–Crippen LogP) is 5.60. The molecule has 6 rings (SSSR count). The number of hydrogen-bond acceptors (Lipinski definition) is 8. The van der Waals surface area contributed by atoms with Gasteiger partial charge in [0.2, 0.25) is 5.91 Å². The highest BCUT2D eigenvalue weighted by Gasteiger charge is 2.66. The van der Waals surface area contributed by atoms with Crippen molar-refractivity contribution in [3.05, 3.63) is 135 Å². The Morgan fingerprint density at radius 3 is 2.25 bits per heavy atom. The first kappa shape index (κ1) is 36.6. The summed E-state index contributed by atoms with van der Waals surface area (Å²) in [6.45, 7) is 5.49. The van der Waals surface area contributed by atoms with Gasteiger partial charge in [-0.1, -0.05) is 67.6 Å². The van der Waals surface area contributed by atoms with E-state index in [-0.39, 0.29) is 50.2 Å². The van der Waals surface area contributed by atoms with Crippen LogP contribution in [0.15, 0.2) is 103 Å². The number of aliphatic hydroxyl groups excluding tert-OH is 1. The maximum absolute atomic E-state index is 14.8. The van der Waals surface area contributed by atoms with Gasteiger partial charge in [0.1, 0.15) is 0 Å². The van der Waals surface area contributed by atoms with Crippen molar-refractivity contribution >= 4 is 43.1 Å². The van der Waals surface area contributed by atoms with Gasteiger partial charge in [-0.25, -0.2) is 0 Å². The van der Waals surface area contributed by atoms with Crippen molar-refractivity contribution in [1.29, 1.82) is 0 Å². The van der Waals surface area contributed by atoms with Crippen molar-refractivity contribution in [1.82, 2.24) is 4.90 Å². The van der Waals surface area contributed by atoms with E-state index < -0.39 is 42.3 Å². The maximum Gasteiger partial charge on any atom is 0.269 e. The van der Waals surface area contributed by atoms with Crippen molar-refractivity contribution < 1.29 is 33.9 Å². The monoisotopic (exact) mass is 722 g/mol. The van der Waals surface area contributed by atoms with Gasteiger partial charge in [-0.05, 0) is 54.6 Å². The zero-order chi connectivity index (χ0) is 37.2. The number of nitrogens with one attached hydrogen (secondary N) is 1. The predicted molar refractivity (Wildman–Crippen MR) is 198 cm³/mol. The van der Waals surface area contributed by atoms with Crippen LogP contribution >= 0.6 is 0 Å². The van der Waals surface area contributed by atoms with E-state index in [2.05, 4.69) is 5.32 Å². The fraction of sp³-hybridized carbons (Fsp3) is 0.308. The van der Waals surface area contributed by atoms with Crippen LogP contribution in [0.5, 0.6) is 0 Å². The molecule has 1 saturated heterocycles. The number of nitro groups is 1.